The molecule has 6 nitrogen and oxygen atoms in total. The van der Waals surface area contributed by atoms with Crippen molar-refractivity contribution in [3.63, 3.8) is 0 Å². The van der Waals surface area contributed by atoms with E-state index in [0.717, 1.165) is 0 Å². The highest BCUT2D eigenvalue weighted by atomic mass is 79.9. The number of esters is 1. The van der Waals surface area contributed by atoms with Crippen molar-refractivity contribution in [3.05, 3.63) is 94.4 Å². The van der Waals surface area contributed by atoms with Crippen LogP contribution in [0.1, 0.15) is 21.5 Å². The number of carbonyl (C=O) groups is 2. The summed E-state index contributed by atoms with van der Waals surface area (Å²) in [6.45, 7) is 0. The van der Waals surface area contributed by atoms with E-state index in [-0.39, 0.29) is 34.0 Å². The number of methoxy groups -OCH3 is 1. The average molecular weight is 730 g/mol. The van der Waals surface area contributed by atoms with Crippen LogP contribution in [0, 0.1) is 0 Å². The van der Waals surface area contributed by atoms with Gasteiger partial charge in [-0.05, 0) is 117 Å². The molecule has 0 saturated carbocycles. The smallest absolute Gasteiger partial charge is 0.348 e. The first kappa shape index (κ1) is 25.7. The van der Waals surface area contributed by atoms with Crippen LogP contribution in [0.4, 0.5) is 0 Å². The van der Waals surface area contributed by atoms with E-state index in [1.807, 2.05) is 0 Å². The monoisotopic (exact) mass is 726 g/mol. The van der Waals surface area contributed by atoms with Crippen molar-refractivity contribution >= 4 is 87.1 Å². The Kier molecular flexibility index (Phi) is 7.56. The first-order valence-corrected chi connectivity index (χ1v) is 13.0. The van der Waals surface area contributed by atoms with Crippen LogP contribution in [0.2, 0.25) is 0 Å². The lowest BCUT2D eigenvalue weighted by atomic mass is 9.93. The zero-order chi connectivity index (χ0) is 25.4. The van der Waals surface area contributed by atoms with Gasteiger partial charge in [0.15, 0.2) is 0 Å². The van der Waals surface area contributed by atoms with Crippen LogP contribution in [0.3, 0.4) is 0 Å². The number of phenolic OH excluding ortho intramolecular Hbond substituents is 2. The van der Waals surface area contributed by atoms with E-state index in [4.69, 9.17) is 9.47 Å². The van der Waals surface area contributed by atoms with Gasteiger partial charge in [0.1, 0.15) is 28.6 Å². The summed E-state index contributed by atoms with van der Waals surface area (Å²) < 4.78 is 12.7. The third-order valence-corrected chi connectivity index (χ3v) is 7.48. The van der Waals surface area contributed by atoms with Crippen molar-refractivity contribution in [1.82, 2.24) is 0 Å². The number of cyclic esters (lactones) is 1. The van der Waals surface area contributed by atoms with E-state index in [2.05, 4.69) is 63.7 Å². The fourth-order valence-electron chi connectivity index (χ4n) is 3.48. The second kappa shape index (κ2) is 10.3. The number of carbonyl (C=O) groups excluding carboxylic acids is 2. The summed E-state index contributed by atoms with van der Waals surface area (Å²) in [5.41, 5.74) is 1.48. The van der Waals surface area contributed by atoms with Crippen molar-refractivity contribution in [2.75, 3.05) is 7.11 Å². The van der Waals surface area contributed by atoms with Gasteiger partial charge in [-0.1, -0.05) is 12.1 Å². The molecule has 0 fully saturated rings. The number of rotatable bonds is 5. The number of hydrogen-bond acceptors (Lipinski definition) is 6. The van der Waals surface area contributed by atoms with Gasteiger partial charge in [-0.2, -0.15) is 0 Å². The molecule has 35 heavy (non-hydrogen) atoms. The Morgan fingerprint density at radius 2 is 1.49 bits per heavy atom. The van der Waals surface area contributed by atoms with E-state index >= 15 is 0 Å². The Morgan fingerprint density at radius 1 is 0.914 bits per heavy atom. The Balaban J connectivity index is 1.97. The molecule has 3 aromatic carbocycles. The minimum atomic E-state index is -0.807. The molecule has 0 unspecified atom stereocenters. The second-order valence-electron chi connectivity index (χ2n) is 7.33. The van der Waals surface area contributed by atoms with E-state index in [0.29, 0.717) is 34.8 Å². The molecule has 0 amide bonds. The zero-order valence-electron chi connectivity index (χ0n) is 17.7. The van der Waals surface area contributed by atoms with Crippen LogP contribution >= 0.6 is 63.7 Å². The van der Waals surface area contributed by atoms with Crippen LogP contribution in [-0.2, 0) is 9.53 Å². The predicted octanol–water partition coefficient (Wildman–Crippen LogP) is 7.39. The van der Waals surface area contributed by atoms with Crippen molar-refractivity contribution in [2.24, 2.45) is 0 Å². The van der Waals surface area contributed by atoms with Gasteiger partial charge in [-0.15, -0.1) is 0 Å². The molecule has 0 aliphatic carbocycles. The first-order chi connectivity index (χ1) is 16.6. The molecule has 3 aromatic rings. The highest BCUT2D eigenvalue weighted by Crippen LogP contribution is 2.43. The molecule has 4 rings (SSSR count). The molecule has 0 spiro atoms. The highest BCUT2D eigenvalue weighted by molar-refractivity contribution is 9.11. The number of phenols is 2. The summed E-state index contributed by atoms with van der Waals surface area (Å²) in [5, 5.41) is 19.6. The Labute approximate surface area is 233 Å². The largest absolute Gasteiger partial charge is 0.508 e. The summed E-state index contributed by atoms with van der Waals surface area (Å²) >= 11 is 13.4. The SMILES string of the molecule is COc1c(Br)cc(C2=C(C(=O)c3cc(Br)c(O)c(Br)c3)C(=O)O/C2=C\c2ccc(O)cc2)cc1Br. The fourth-order valence-corrected chi connectivity index (χ4v) is 6.18. The molecule has 178 valence electrons. The Morgan fingerprint density at radius 3 is 2.03 bits per heavy atom. The van der Waals surface area contributed by atoms with Crippen LogP contribution in [-0.4, -0.2) is 29.1 Å². The number of Topliss-reactive ketones (excluding diaryl/α,β-unsaturated/α-hetero) is 1. The van der Waals surface area contributed by atoms with Gasteiger partial charge >= 0.3 is 5.97 Å². The molecule has 1 heterocycles. The van der Waals surface area contributed by atoms with Crippen LogP contribution in [0.15, 0.2) is 77.8 Å². The minimum Gasteiger partial charge on any atom is -0.508 e. The lowest BCUT2D eigenvalue weighted by Crippen LogP contribution is -2.11. The van der Waals surface area contributed by atoms with Crippen LogP contribution in [0.25, 0.3) is 11.6 Å². The molecule has 1 aliphatic heterocycles. The highest BCUT2D eigenvalue weighted by Gasteiger charge is 2.37. The number of ketones is 1. The predicted molar refractivity (Wildman–Crippen MR) is 145 cm³/mol. The molecular weight excluding hydrogens is 716 g/mol. The molecule has 0 radical (unpaired) electrons. The molecular formula is C25H14Br4O6. The van der Waals surface area contributed by atoms with Gasteiger partial charge < -0.3 is 19.7 Å². The van der Waals surface area contributed by atoms with Crippen LogP contribution in [0.5, 0.6) is 17.2 Å². The van der Waals surface area contributed by atoms with E-state index in [1.54, 1.807) is 30.3 Å². The quantitative estimate of drug-likeness (QED) is 0.162. The topological polar surface area (TPSA) is 93.1 Å². The number of aromatic hydroxyl groups is 2. The number of halogens is 4. The molecule has 1 aliphatic rings. The maximum Gasteiger partial charge on any atom is 0.348 e. The van der Waals surface area contributed by atoms with Crippen molar-refractivity contribution < 1.29 is 29.3 Å². The normalized spacial score (nSPS) is 14.4. The van der Waals surface area contributed by atoms with Crippen molar-refractivity contribution in [2.45, 2.75) is 0 Å². The Bertz CT molecular complexity index is 1390. The zero-order valence-corrected chi connectivity index (χ0v) is 24.1. The Hall–Kier alpha value is -2.40. The standard InChI is InChI=1S/C25H14Br4O6/c1-34-24-17(28)7-12(8-18(24)29)20-19(6-11-2-4-14(30)5-3-11)35-25(33)21(20)22(31)13-9-15(26)23(32)16(27)10-13/h2-10,30,32H,1H3/b19-6-. The second-order valence-corrected chi connectivity index (χ2v) is 10.7. The average Bonchev–Trinajstić information content (AvgIpc) is 3.13. The summed E-state index contributed by atoms with van der Waals surface area (Å²) in [6.07, 6.45) is 1.61. The summed E-state index contributed by atoms with van der Waals surface area (Å²) in [6, 6.07) is 12.6. The van der Waals surface area contributed by atoms with Crippen LogP contribution < -0.4 is 4.74 Å². The number of ether oxygens (including phenoxy) is 2. The summed E-state index contributed by atoms with van der Waals surface area (Å²) in [7, 11) is 1.53. The van der Waals surface area contributed by atoms with Gasteiger partial charge in [0.2, 0.25) is 5.78 Å². The lowest BCUT2D eigenvalue weighted by molar-refractivity contribution is -0.132. The molecule has 0 saturated heterocycles. The molecule has 10 heteroatoms. The number of benzene rings is 3. The molecule has 0 atom stereocenters. The molecule has 0 aromatic heterocycles. The van der Waals surface area contributed by atoms with Gasteiger partial charge in [0, 0.05) is 11.1 Å². The van der Waals surface area contributed by atoms with Gasteiger partial charge in [-0.3, -0.25) is 4.79 Å². The maximum atomic E-state index is 13.6. The van der Waals surface area contributed by atoms with Crippen molar-refractivity contribution in [3.8, 4) is 17.2 Å². The maximum absolute atomic E-state index is 13.6. The van der Waals surface area contributed by atoms with Gasteiger partial charge in [0.25, 0.3) is 0 Å². The fraction of sp³-hybridized carbons (Fsp3) is 0.0400. The molecule has 0 bridgehead atoms. The van der Waals surface area contributed by atoms with Crippen molar-refractivity contribution in [1.29, 1.82) is 0 Å². The summed E-state index contributed by atoms with van der Waals surface area (Å²) in [5.74, 6) is -0.649. The van der Waals surface area contributed by atoms with E-state index in [1.165, 1.54) is 31.4 Å². The van der Waals surface area contributed by atoms with E-state index < -0.39 is 11.8 Å². The summed E-state index contributed by atoms with van der Waals surface area (Å²) in [4.78, 5) is 26.7. The number of hydrogen-bond donors (Lipinski definition) is 2. The minimum absolute atomic E-state index is 0.0688. The van der Waals surface area contributed by atoms with E-state index in [9.17, 15) is 19.8 Å². The van der Waals surface area contributed by atoms with Gasteiger partial charge in [0.05, 0.1) is 25.0 Å². The molecule has 2 N–H and O–H groups in total. The first-order valence-electron chi connectivity index (χ1n) is 9.84. The lowest BCUT2D eigenvalue weighted by Gasteiger charge is -2.12. The number of allylic oxidation sites excluding steroid dienone is 1. The third kappa shape index (κ3) is 5.11. The van der Waals surface area contributed by atoms with Gasteiger partial charge in [-0.25, -0.2) is 4.79 Å². The third-order valence-electron chi connectivity index (χ3n) is 5.09.